The van der Waals surface area contributed by atoms with Crippen molar-refractivity contribution in [2.24, 2.45) is 0 Å². The van der Waals surface area contributed by atoms with Crippen LogP contribution in [-0.2, 0) is 9.53 Å². The molecule has 3 aromatic carbocycles. The van der Waals surface area contributed by atoms with Crippen LogP contribution in [0.4, 0.5) is 0 Å². The molecule has 0 saturated heterocycles. The molecule has 0 fully saturated rings. The quantitative estimate of drug-likeness (QED) is 0.309. The van der Waals surface area contributed by atoms with Crippen LogP contribution in [0.3, 0.4) is 0 Å². The molecule has 2 heterocycles. The number of rotatable bonds is 6. The predicted molar refractivity (Wildman–Crippen MR) is 139 cm³/mol. The van der Waals surface area contributed by atoms with E-state index in [2.05, 4.69) is 0 Å². The Morgan fingerprint density at radius 2 is 1.74 bits per heavy atom. The molecule has 0 amide bonds. The van der Waals surface area contributed by atoms with Crippen LogP contribution >= 0.6 is 0 Å². The summed E-state index contributed by atoms with van der Waals surface area (Å²) >= 11 is 0. The van der Waals surface area contributed by atoms with Gasteiger partial charge in [-0.05, 0) is 18.2 Å². The molecule has 0 unspecified atom stereocenters. The Kier molecular flexibility index (Phi) is 6.34. The summed E-state index contributed by atoms with van der Waals surface area (Å²) in [5, 5.41) is 21.5. The fourth-order valence-electron chi connectivity index (χ4n) is 4.51. The number of fused-ring (bicyclic) bond motifs is 2. The molecule has 5 aromatic rings. The second kappa shape index (κ2) is 9.78. The molecule has 192 valence electrons. The van der Waals surface area contributed by atoms with Gasteiger partial charge in [0.05, 0.1) is 32.3 Å². The topological polar surface area (TPSA) is 136 Å². The van der Waals surface area contributed by atoms with Crippen LogP contribution in [0.15, 0.2) is 85.4 Å². The minimum atomic E-state index is -1.16. The van der Waals surface area contributed by atoms with E-state index in [1.807, 2.05) is 0 Å². The van der Waals surface area contributed by atoms with Gasteiger partial charge in [-0.2, -0.15) is 0 Å². The van der Waals surface area contributed by atoms with Crippen molar-refractivity contribution in [1.29, 1.82) is 0 Å². The summed E-state index contributed by atoms with van der Waals surface area (Å²) in [5.41, 5.74) is -0.417. The highest BCUT2D eigenvalue weighted by atomic mass is 16.5. The van der Waals surface area contributed by atoms with Gasteiger partial charge in [0.1, 0.15) is 39.6 Å². The largest absolute Gasteiger partial charge is 0.507 e. The first-order chi connectivity index (χ1) is 18.3. The third-order valence-electron chi connectivity index (χ3n) is 6.38. The molecule has 2 N–H and O–H groups in total. The summed E-state index contributed by atoms with van der Waals surface area (Å²) in [7, 11) is 2.65. The molecule has 9 heteroatoms. The molecule has 0 aliphatic heterocycles. The number of phenolic OH excluding ortho intramolecular Hbond substituents is 2. The van der Waals surface area contributed by atoms with Crippen molar-refractivity contribution in [2.45, 2.75) is 12.3 Å². The molecule has 1 atom stereocenters. The van der Waals surface area contributed by atoms with E-state index in [-0.39, 0.29) is 38.8 Å². The lowest BCUT2D eigenvalue weighted by molar-refractivity contribution is -0.140. The van der Waals surface area contributed by atoms with Gasteiger partial charge < -0.3 is 28.5 Å². The predicted octanol–water partition coefficient (Wildman–Crippen LogP) is 4.68. The first-order valence-corrected chi connectivity index (χ1v) is 11.6. The van der Waals surface area contributed by atoms with Gasteiger partial charge in [0, 0.05) is 34.7 Å². The second-order valence-electron chi connectivity index (χ2n) is 8.59. The monoisotopic (exact) mass is 514 g/mol. The highest BCUT2D eigenvalue weighted by Crippen LogP contribution is 2.42. The van der Waals surface area contributed by atoms with E-state index >= 15 is 0 Å². The fourth-order valence-corrected chi connectivity index (χ4v) is 4.51. The van der Waals surface area contributed by atoms with Crippen molar-refractivity contribution in [3.8, 4) is 28.6 Å². The highest BCUT2D eigenvalue weighted by molar-refractivity contribution is 5.91. The van der Waals surface area contributed by atoms with E-state index in [1.54, 1.807) is 42.5 Å². The Morgan fingerprint density at radius 1 is 0.974 bits per heavy atom. The number of esters is 1. The van der Waals surface area contributed by atoms with Gasteiger partial charge in [0.25, 0.3) is 0 Å². The third kappa shape index (κ3) is 4.24. The number of phenols is 2. The minimum absolute atomic E-state index is 0.00575. The Hall–Kier alpha value is -5.05. The van der Waals surface area contributed by atoms with E-state index in [0.717, 1.165) is 6.07 Å². The lowest BCUT2D eigenvalue weighted by Crippen LogP contribution is -2.19. The first-order valence-electron chi connectivity index (χ1n) is 11.6. The summed E-state index contributed by atoms with van der Waals surface area (Å²) in [6.45, 7) is 0. The van der Waals surface area contributed by atoms with Crippen molar-refractivity contribution < 1.29 is 33.3 Å². The van der Waals surface area contributed by atoms with E-state index in [4.69, 9.17) is 18.3 Å². The van der Waals surface area contributed by atoms with Crippen molar-refractivity contribution in [3.05, 3.63) is 98.5 Å². The smallest absolute Gasteiger partial charge is 0.306 e. The number of ether oxygens (including phenoxy) is 2. The Morgan fingerprint density at radius 3 is 2.45 bits per heavy atom. The average molecular weight is 514 g/mol. The van der Waals surface area contributed by atoms with Gasteiger partial charge in [-0.3, -0.25) is 14.4 Å². The van der Waals surface area contributed by atoms with E-state index in [9.17, 15) is 24.6 Å². The van der Waals surface area contributed by atoms with Gasteiger partial charge >= 0.3 is 5.97 Å². The van der Waals surface area contributed by atoms with Crippen molar-refractivity contribution in [2.75, 3.05) is 14.2 Å². The maximum Gasteiger partial charge on any atom is 0.306 e. The Bertz CT molecular complexity index is 1800. The number of carbonyl (C=O) groups is 1. The van der Waals surface area contributed by atoms with Gasteiger partial charge in [-0.15, -0.1) is 0 Å². The summed E-state index contributed by atoms with van der Waals surface area (Å²) in [4.78, 5) is 39.3. The van der Waals surface area contributed by atoms with Crippen LogP contribution in [-0.4, -0.2) is 30.4 Å². The number of carbonyl (C=O) groups excluding carboxylic acids is 1. The SMILES string of the molecule is COC(=O)C[C@H](c1coc2ccc(OC)cc2c1=O)c1c(O)cc(O)c2c(=O)cc(-c3ccccc3)oc12. The number of aromatic hydroxyl groups is 2. The molecule has 9 nitrogen and oxygen atoms in total. The van der Waals surface area contributed by atoms with E-state index in [1.165, 1.54) is 32.6 Å². The second-order valence-corrected chi connectivity index (χ2v) is 8.59. The summed E-state index contributed by atoms with van der Waals surface area (Å²) in [6, 6.07) is 15.7. The van der Waals surface area contributed by atoms with Crippen LogP contribution in [0.2, 0.25) is 0 Å². The van der Waals surface area contributed by atoms with Gasteiger partial charge in [-0.1, -0.05) is 30.3 Å². The summed E-state index contributed by atoms with van der Waals surface area (Å²) < 4.78 is 21.9. The number of hydrogen-bond donors (Lipinski definition) is 2. The molecule has 0 bridgehead atoms. The van der Waals surface area contributed by atoms with Gasteiger partial charge in [0.15, 0.2) is 10.9 Å². The highest BCUT2D eigenvalue weighted by Gasteiger charge is 2.31. The maximum absolute atomic E-state index is 13.7. The van der Waals surface area contributed by atoms with Gasteiger partial charge in [0.2, 0.25) is 0 Å². The van der Waals surface area contributed by atoms with Crippen molar-refractivity contribution in [3.63, 3.8) is 0 Å². The van der Waals surface area contributed by atoms with E-state index in [0.29, 0.717) is 11.3 Å². The van der Waals surface area contributed by atoms with Crippen LogP contribution in [0.5, 0.6) is 17.2 Å². The van der Waals surface area contributed by atoms with Crippen molar-refractivity contribution in [1.82, 2.24) is 0 Å². The Labute approximate surface area is 215 Å². The molecular formula is C29H22O9. The van der Waals surface area contributed by atoms with E-state index < -0.39 is 40.7 Å². The fraction of sp³-hybridized carbons (Fsp3) is 0.138. The number of benzene rings is 3. The summed E-state index contributed by atoms with van der Waals surface area (Å²) in [5.74, 6) is -2.26. The van der Waals surface area contributed by atoms with Crippen LogP contribution < -0.4 is 15.6 Å². The number of methoxy groups -OCH3 is 2. The van der Waals surface area contributed by atoms with Gasteiger partial charge in [-0.25, -0.2) is 0 Å². The first kappa shape index (κ1) is 24.6. The molecule has 0 spiro atoms. The zero-order valence-electron chi connectivity index (χ0n) is 20.4. The zero-order chi connectivity index (χ0) is 27.0. The molecule has 0 aliphatic carbocycles. The summed E-state index contributed by atoms with van der Waals surface area (Å²) in [6.07, 6.45) is 0.797. The molecule has 2 aromatic heterocycles. The van der Waals surface area contributed by atoms with Crippen LogP contribution in [0.25, 0.3) is 33.3 Å². The zero-order valence-corrected chi connectivity index (χ0v) is 20.4. The molecule has 5 rings (SSSR count). The normalized spacial score (nSPS) is 11.9. The lowest BCUT2D eigenvalue weighted by atomic mass is 9.86. The molecule has 0 aliphatic rings. The third-order valence-corrected chi connectivity index (χ3v) is 6.38. The van der Waals surface area contributed by atoms with Crippen LogP contribution in [0, 0.1) is 0 Å². The van der Waals surface area contributed by atoms with Crippen molar-refractivity contribution >= 4 is 27.9 Å². The standard InChI is InChI=1S/C29H22O9/c1-35-16-8-9-23-18(10-16)28(34)19(14-37-23)17(11-25(33)36-2)26-20(30)12-21(31)27-22(32)13-24(38-29(26)27)15-6-4-3-5-7-15/h3-10,12-14,17,30-31H,11H2,1-2H3/t17-/m1/s1. The Balaban J connectivity index is 1.84. The molecule has 0 saturated carbocycles. The lowest BCUT2D eigenvalue weighted by Gasteiger charge is -2.19. The number of hydrogen-bond acceptors (Lipinski definition) is 9. The molecule has 38 heavy (non-hydrogen) atoms. The molecular weight excluding hydrogens is 492 g/mol. The minimum Gasteiger partial charge on any atom is -0.507 e. The molecule has 0 radical (unpaired) electrons. The average Bonchev–Trinajstić information content (AvgIpc) is 2.92. The van der Waals surface area contributed by atoms with Crippen LogP contribution in [0.1, 0.15) is 23.5 Å². The maximum atomic E-state index is 13.7.